The van der Waals surface area contributed by atoms with E-state index in [1.807, 2.05) is 0 Å². The monoisotopic (exact) mass is 256 g/mol. The zero-order chi connectivity index (χ0) is 12.8. The number of carbonyl (C=O) groups is 1. The molecule has 3 nitrogen and oxygen atoms in total. The largest absolute Gasteiger partial charge is 0.338 e. The van der Waals surface area contributed by atoms with Crippen molar-refractivity contribution in [2.75, 3.05) is 19.6 Å². The Morgan fingerprint density at radius 3 is 2.63 bits per heavy atom. The van der Waals surface area contributed by atoms with E-state index in [-0.39, 0.29) is 5.92 Å². The summed E-state index contributed by atoms with van der Waals surface area (Å²) in [6.07, 6.45) is 3.07. The van der Waals surface area contributed by atoms with E-state index in [1.54, 1.807) is 0 Å². The second kappa shape index (κ2) is 4.34. The van der Waals surface area contributed by atoms with Gasteiger partial charge in [-0.05, 0) is 36.3 Å². The first-order valence-corrected chi connectivity index (χ1v) is 7.41. The van der Waals surface area contributed by atoms with Crippen LogP contribution >= 0.6 is 0 Å². The average molecular weight is 256 g/mol. The molecule has 2 atom stereocenters. The fourth-order valence-corrected chi connectivity index (χ4v) is 4.09. The van der Waals surface area contributed by atoms with Gasteiger partial charge in [-0.2, -0.15) is 0 Å². The molecular weight excluding hydrogens is 236 g/mol. The van der Waals surface area contributed by atoms with Gasteiger partial charge in [0.2, 0.25) is 5.91 Å². The third-order valence-electron chi connectivity index (χ3n) is 5.13. The summed E-state index contributed by atoms with van der Waals surface area (Å²) in [5.74, 6) is 1.29. The van der Waals surface area contributed by atoms with Gasteiger partial charge >= 0.3 is 0 Å². The van der Waals surface area contributed by atoms with Crippen molar-refractivity contribution in [1.29, 1.82) is 0 Å². The predicted octanol–water partition coefficient (Wildman–Crippen LogP) is 1.22. The Kier molecular flexibility index (Phi) is 2.62. The van der Waals surface area contributed by atoms with Crippen LogP contribution in [0, 0.1) is 11.8 Å². The summed E-state index contributed by atoms with van der Waals surface area (Å²) in [5, 5.41) is 3.42. The number of hydrogen-bond donors (Lipinski definition) is 1. The lowest BCUT2D eigenvalue weighted by Crippen LogP contribution is -2.42. The molecule has 1 amide bonds. The molecule has 2 aliphatic heterocycles. The van der Waals surface area contributed by atoms with Gasteiger partial charge in [-0.25, -0.2) is 0 Å². The van der Waals surface area contributed by atoms with Gasteiger partial charge in [0.15, 0.2) is 0 Å². The smallest absolute Gasteiger partial charge is 0.226 e. The molecule has 2 fully saturated rings. The van der Waals surface area contributed by atoms with Gasteiger partial charge in [-0.1, -0.05) is 24.3 Å². The Morgan fingerprint density at radius 2 is 1.89 bits per heavy atom. The Balaban J connectivity index is 1.51. The Morgan fingerprint density at radius 1 is 1.16 bits per heavy atom. The summed E-state index contributed by atoms with van der Waals surface area (Å²) in [6.45, 7) is 3.07. The summed E-state index contributed by atoms with van der Waals surface area (Å²) in [5.41, 5.74) is 2.75. The van der Waals surface area contributed by atoms with Crippen molar-refractivity contribution < 1.29 is 4.79 Å². The molecule has 4 rings (SSSR count). The maximum atomic E-state index is 12.8. The lowest BCUT2D eigenvalue weighted by Gasteiger charge is -2.26. The number of amides is 1. The van der Waals surface area contributed by atoms with Gasteiger partial charge < -0.3 is 10.2 Å². The summed E-state index contributed by atoms with van der Waals surface area (Å²) >= 11 is 0. The third-order valence-corrected chi connectivity index (χ3v) is 5.13. The molecule has 0 spiro atoms. The SMILES string of the molecule is O=C(C1Cc2ccccc2C1)N1CC[C@H]2CNC[C@H]21. The highest BCUT2D eigenvalue weighted by atomic mass is 16.2. The summed E-state index contributed by atoms with van der Waals surface area (Å²) in [7, 11) is 0. The molecule has 100 valence electrons. The molecule has 3 aliphatic rings. The minimum Gasteiger partial charge on any atom is -0.338 e. The zero-order valence-corrected chi connectivity index (χ0v) is 11.1. The lowest BCUT2D eigenvalue weighted by atomic mass is 10.0. The number of rotatable bonds is 1. The van der Waals surface area contributed by atoms with Gasteiger partial charge in [0.05, 0.1) is 0 Å². The molecule has 2 heterocycles. The number of nitrogens with one attached hydrogen (secondary N) is 1. The third kappa shape index (κ3) is 1.79. The van der Waals surface area contributed by atoms with Gasteiger partial charge in [-0.15, -0.1) is 0 Å². The van der Waals surface area contributed by atoms with Crippen LogP contribution < -0.4 is 5.32 Å². The van der Waals surface area contributed by atoms with Gasteiger partial charge in [0.25, 0.3) is 0 Å². The standard InChI is InChI=1S/C16H20N2O/c19-16(18-6-5-13-9-17-10-15(13)18)14-7-11-3-1-2-4-12(11)8-14/h1-4,13-15,17H,5-10H2/t13-,15+/m0/s1. The van der Waals surface area contributed by atoms with Gasteiger partial charge in [-0.3, -0.25) is 4.79 Å². The van der Waals surface area contributed by atoms with Crippen LogP contribution in [0.2, 0.25) is 0 Å². The van der Waals surface area contributed by atoms with Crippen molar-refractivity contribution in [2.24, 2.45) is 11.8 Å². The number of hydrogen-bond acceptors (Lipinski definition) is 2. The lowest BCUT2D eigenvalue weighted by molar-refractivity contribution is -0.136. The van der Waals surface area contributed by atoms with Crippen molar-refractivity contribution in [3.8, 4) is 0 Å². The van der Waals surface area contributed by atoms with Crippen LogP contribution in [0.15, 0.2) is 24.3 Å². The molecule has 19 heavy (non-hydrogen) atoms. The molecule has 2 saturated heterocycles. The molecule has 0 saturated carbocycles. The minimum absolute atomic E-state index is 0.191. The number of fused-ring (bicyclic) bond motifs is 2. The van der Waals surface area contributed by atoms with E-state index < -0.39 is 0 Å². The highest BCUT2D eigenvalue weighted by molar-refractivity contribution is 5.81. The number of nitrogens with zero attached hydrogens (tertiary/aromatic N) is 1. The first kappa shape index (κ1) is 11.5. The Hall–Kier alpha value is -1.35. The normalized spacial score (nSPS) is 29.6. The van der Waals surface area contributed by atoms with Crippen LogP contribution in [0.5, 0.6) is 0 Å². The fourth-order valence-electron chi connectivity index (χ4n) is 4.09. The summed E-state index contributed by atoms with van der Waals surface area (Å²) in [4.78, 5) is 14.9. The molecular formula is C16H20N2O. The van der Waals surface area contributed by atoms with Crippen molar-refractivity contribution in [3.05, 3.63) is 35.4 Å². The molecule has 0 radical (unpaired) electrons. The van der Waals surface area contributed by atoms with Crippen LogP contribution in [-0.4, -0.2) is 36.5 Å². The van der Waals surface area contributed by atoms with Crippen molar-refractivity contribution >= 4 is 5.91 Å². The topological polar surface area (TPSA) is 32.3 Å². The minimum atomic E-state index is 0.191. The fraction of sp³-hybridized carbons (Fsp3) is 0.562. The number of benzene rings is 1. The van der Waals surface area contributed by atoms with Gasteiger partial charge in [0.1, 0.15) is 0 Å². The first-order chi connectivity index (χ1) is 9.33. The molecule has 0 aromatic heterocycles. The van der Waals surface area contributed by atoms with Crippen LogP contribution in [0.3, 0.4) is 0 Å². The number of likely N-dealkylation sites (tertiary alicyclic amines) is 1. The molecule has 0 unspecified atom stereocenters. The van der Waals surface area contributed by atoms with Crippen LogP contribution in [0.1, 0.15) is 17.5 Å². The average Bonchev–Trinajstić information content (AvgIpc) is 3.12. The molecule has 0 bridgehead atoms. The van der Waals surface area contributed by atoms with Crippen molar-refractivity contribution in [3.63, 3.8) is 0 Å². The second-order valence-corrected chi connectivity index (χ2v) is 6.18. The van der Waals surface area contributed by atoms with E-state index in [4.69, 9.17) is 0 Å². The van der Waals surface area contributed by atoms with Crippen molar-refractivity contribution in [1.82, 2.24) is 10.2 Å². The highest BCUT2D eigenvalue weighted by Gasteiger charge is 2.42. The van der Waals surface area contributed by atoms with E-state index in [0.29, 0.717) is 17.9 Å². The van der Waals surface area contributed by atoms with Gasteiger partial charge in [0, 0.05) is 31.6 Å². The second-order valence-electron chi connectivity index (χ2n) is 6.18. The maximum absolute atomic E-state index is 12.8. The van der Waals surface area contributed by atoms with E-state index in [1.165, 1.54) is 17.5 Å². The first-order valence-electron chi connectivity index (χ1n) is 7.41. The van der Waals surface area contributed by atoms with E-state index in [0.717, 1.165) is 32.5 Å². The molecule has 1 aromatic rings. The van der Waals surface area contributed by atoms with E-state index in [2.05, 4.69) is 34.5 Å². The van der Waals surface area contributed by atoms with Crippen LogP contribution in [0.4, 0.5) is 0 Å². The maximum Gasteiger partial charge on any atom is 0.226 e. The molecule has 1 N–H and O–H groups in total. The summed E-state index contributed by atoms with van der Waals surface area (Å²) < 4.78 is 0. The van der Waals surface area contributed by atoms with E-state index in [9.17, 15) is 4.79 Å². The zero-order valence-electron chi connectivity index (χ0n) is 11.1. The van der Waals surface area contributed by atoms with Crippen LogP contribution in [0.25, 0.3) is 0 Å². The molecule has 1 aliphatic carbocycles. The van der Waals surface area contributed by atoms with E-state index >= 15 is 0 Å². The summed E-state index contributed by atoms with van der Waals surface area (Å²) in [6, 6.07) is 8.98. The number of carbonyl (C=O) groups excluding carboxylic acids is 1. The molecule has 1 aromatic carbocycles. The van der Waals surface area contributed by atoms with Crippen molar-refractivity contribution in [2.45, 2.75) is 25.3 Å². The quantitative estimate of drug-likeness (QED) is 0.819. The highest BCUT2D eigenvalue weighted by Crippen LogP contribution is 2.33. The Bertz CT molecular complexity index is 488. The predicted molar refractivity (Wildman–Crippen MR) is 73.8 cm³/mol. The van der Waals surface area contributed by atoms with Crippen LogP contribution in [-0.2, 0) is 17.6 Å². The Labute approximate surface area is 114 Å². The molecule has 3 heteroatoms.